The Labute approximate surface area is 117 Å². The van der Waals surface area contributed by atoms with Crippen LogP contribution in [0.5, 0.6) is 0 Å². The van der Waals surface area contributed by atoms with E-state index in [9.17, 15) is 0 Å². The van der Waals surface area contributed by atoms with Gasteiger partial charge in [0.2, 0.25) is 0 Å². The highest BCUT2D eigenvalue weighted by Gasteiger charge is 2.32. The quantitative estimate of drug-likeness (QED) is 0.903. The Kier molecular flexibility index (Phi) is 4.58. The third-order valence-corrected chi connectivity index (χ3v) is 4.50. The summed E-state index contributed by atoms with van der Waals surface area (Å²) in [5, 5.41) is 3.68. The Morgan fingerprint density at radius 1 is 1.47 bits per heavy atom. The Balaban J connectivity index is 2.12. The van der Waals surface area contributed by atoms with E-state index in [1.807, 2.05) is 12.3 Å². The smallest absolute Gasteiger partial charge is 0.0575 e. The van der Waals surface area contributed by atoms with Crippen molar-refractivity contribution in [3.63, 3.8) is 0 Å². The summed E-state index contributed by atoms with van der Waals surface area (Å²) in [6, 6.07) is 4.82. The maximum absolute atomic E-state index is 4.59. The fourth-order valence-electron chi connectivity index (χ4n) is 2.76. The van der Waals surface area contributed by atoms with Crippen LogP contribution in [0.1, 0.15) is 45.4 Å². The first-order chi connectivity index (χ1) is 9.08. The zero-order valence-electron chi connectivity index (χ0n) is 12.7. The van der Waals surface area contributed by atoms with Crippen molar-refractivity contribution in [3.8, 4) is 0 Å². The second kappa shape index (κ2) is 6.02. The van der Waals surface area contributed by atoms with Crippen LogP contribution in [-0.4, -0.2) is 34.6 Å². The Bertz CT molecular complexity index is 418. The lowest BCUT2D eigenvalue weighted by molar-refractivity contribution is 0.0852. The van der Waals surface area contributed by atoms with E-state index in [1.165, 1.54) is 17.7 Å². The van der Waals surface area contributed by atoms with Crippen molar-refractivity contribution in [3.05, 3.63) is 29.6 Å². The van der Waals surface area contributed by atoms with E-state index in [4.69, 9.17) is 0 Å². The van der Waals surface area contributed by atoms with Crippen LogP contribution in [0.15, 0.2) is 18.3 Å². The molecule has 106 valence electrons. The molecule has 0 aliphatic carbocycles. The van der Waals surface area contributed by atoms with Crippen LogP contribution in [0.25, 0.3) is 0 Å². The molecule has 19 heavy (non-hydrogen) atoms. The molecule has 0 saturated carbocycles. The van der Waals surface area contributed by atoms with Gasteiger partial charge in [0, 0.05) is 37.4 Å². The van der Waals surface area contributed by atoms with Gasteiger partial charge in [-0.15, -0.1) is 0 Å². The van der Waals surface area contributed by atoms with Gasteiger partial charge in [-0.2, -0.15) is 0 Å². The molecular formula is C16H27N3. The lowest BCUT2D eigenvalue weighted by atomic mass is 9.93. The molecule has 1 aromatic heterocycles. The standard InChI is InChI=1S/C16H27N3/c1-5-14-8-7-9-17-15(14)11-19-12-16(4,6-2)18-10-13(19)3/h7-9,13,18H,5-6,10-12H2,1-4H3. The molecule has 1 aromatic rings. The molecule has 2 heterocycles. The van der Waals surface area contributed by atoms with Crippen LogP contribution in [0.3, 0.4) is 0 Å². The Morgan fingerprint density at radius 3 is 2.95 bits per heavy atom. The second-order valence-corrected chi connectivity index (χ2v) is 6.01. The number of aryl methyl sites for hydroxylation is 1. The molecule has 1 aliphatic rings. The first-order valence-electron chi connectivity index (χ1n) is 7.50. The number of piperazine rings is 1. The number of nitrogens with one attached hydrogen (secondary N) is 1. The third kappa shape index (κ3) is 3.34. The zero-order valence-corrected chi connectivity index (χ0v) is 12.7. The van der Waals surface area contributed by atoms with Crippen molar-refractivity contribution in [2.45, 2.75) is 58.7 Å². The fourth-order valence-corrected chi connectivity index (χ4v) is 2.76. The van der Waals surface area contributed by atoms with E-state index in [1.54, 1.807) is 0 Å². The molecule has 3 nitrogen and oxygen atoms in total. The SMILES string of the molecule is CCc1cccnc1CN1CC(C)(CC)NCC1C. The predicted octanol–water partition coefficient (Wildman–Crippen LogP) is 2.61. The number of hydrogen-bond donors (Lipinski definition) is 1. The highest BCUT2D eigenvalue weighted by Crippen LogP contribution is 2.21. The highest BCUT2D eigenvalue weighted by atomic mass is 15.2. The monoisotopic (exact) mass is 261 g/mol. The van der Waals surface area contributed by atoms with Gasteiger partial charge in [0.1, 0.15) is 0 Å². The van der Waals surface area contributed by atoms with Gasteiger partial charge in [-0.3, -0.25) is 9.88 Å². The Morgan fingerprint density at radius 2 is 2.26 bits per heavy atom. The van der Waals surface area contributed by atoms with Crippen molar-refractivity contribution in [1.82, 2.24) is 15.2 Å². The maximum Gasteiger partial charge on any atom is 0.0575 e. The summed E-state index contributed by atoms with van der Waals surface area (Å²) in [5.74, 6) is 0. The Hall–Kier alpha value is -0.930. The van der Waals surface area contributed by atoms with E-state index < -0.39 is 0 Å². The molecule has 1 N–H and O–H groups in total. The number of nitrogens with zero attached hydrogens (tertiary/aromatic N) is 2. The van der Waals surface area contributed by atoms with Gasteiger partial charge in [0.15, 0.2) is 0 Å². The molecule has 2 atom stereocenters. The van der Waals surface area contributed by atoms with Gasteiger partial charge < -0.3 is 5.32 Å². The van der Waals surface area contributed by atoms with E-state index in [0.29, 0.717) is 6.04 Å². The summed E-state index contributed by atoms with van der Waals surface area (Å²) in [7, 11) is 0. The van der Waals surface area contributed by atoms with E-state index in [2.05, 4.69) is 49.0 Å². The summed E-state index contributed by atoms with van der Waals surface area (Å²) in [6.07, 6.45) is 4.15. The van der Waals surface area contributed by atoms with Crippen LogP contribution < -0.4 is 5.32 Å². The van der Waals surface area contributed by atoms with Gasteiger partial charge in [-0.05, 0) is 38.3 Å². The van der Waals surface area contributed by atoms with E-state index >= 15 is 0 Å². The predicted molar refractivity (Wildman–Crippen MR) is 80.2 cm³/mol. The molecule has 1 aliphatic heterocycles. The molecule has 1 fully saturated rings. The number of pyridine rings is 1. The highest BCUT2D eigenvalue weighted by molar-refractivity contribution is 5.19. The molecule has 0 aromatic carbocycles. The van der Waals surface area contributed by atoms with Gasteiger partial charge >= 0.3 is 0 Å². The van der Waals surface area contributed by atoms with Gasteiger partial charge in [0.05, 0.1) is 5.69 Å². The normalized spacial score (nSPS) is 28.5. The van der Waals surface area contributed by atoms with Crippen LogP contribution in [-0.2, 0) is 13.0 Å². The molecule has 2 unspecified atom stereocenters. The molecule has 3 heteroatoms. The third-order valence-electron chi connectivity index (χ3n) is 4.50. The van der Waals surface area contributed by atoms with Crippen molar-refractivity contribution < 1.29 is 0 Å². The maximum atomic E-state index is 4.59. The average Bonchev–Trinajstić information content (AvgIpc) is 2.44. The number of hydrogen-bond acceptors (Lipinski definition) is 3. The molecule has 0 spiro atoms. The van der Waals surface area contributed by atoms with Crippen molar-refractivity contribution >= 4 is 0 Å². The zero-order chi connectivity index (χ0) is 13.9. The summed E-state index contributed by atoms with van der Waals surface area (Å²) >= 11 is 0. The molecule has 0 radical (unpaired) electrons. The minimum atomic E-state index is 0.244. The number of rotatable bonds is 4. The van der Waals surface area contributed by atoms with E-state index in [0.717, 1.165) is 26.1 Å². The van der Waals surface area contributed by atoms with Crippen molar-refractivity contribution in [1.29, 1.82) is 0 Å². The fraction of sp³-hybridized carbons (Fsp3) is 0.688. The van der Waals surface area contributed by atoms with Crippen molar-refractivity contribution in [2.75, 3.05) is 13.1 Å². The van der Waals surface area contributed by atoms with Crippen LogP contribution in [0.2, 0.25) is 0 Å². The molecule has 2 rings (SSSR count). The summed E-state index contributed by atoms with van der Waals surface area (Å²) in [6.45, 7) is 12.2. The average molecular weight is 261 g/mol. The van der Waals surface area contributed by atoms with Crippen LogP contribution in [0.4, 0.5) is 0 Å². The lowest BCUT2D eigenvalue weighted by Crippen LogP contribution is -2.61. The van der Waals surface area contributed by atoms with Crippen LogP contribution >= 0.6 is 0 Å². The first-order valence-corrected chi connectivity index (χ1v) is 7.50. The lowest BCUT2D eigenvalue weighted by Gasteiger charge is -2.45. The minimum absolute atomic E-state index is 0.244. The van der Waals surface area contributed by atoms with Crippen LogP contribution in [0, 0.1) is 0 Å². The molecule has 1 saturated heterocycles. The molecule has 0 amide bonds. The van der Waals surface area contributed by atoms with Gasteiger partial charge in [-0.1, -0.05) is 19.9 Å². The summed E-state index contributed by atoms with van der Waals surface area (Å²) in [5.41, 5.74) is 2.87. The number of aromatic nitrogens is 1. The second-order valence-electron chi connectivity index (χ2n) is 6.01. The topological polar surface area (TPSA) is 28.2 Å². The minimum Gasteiger partial charge on any atom is -0.309 e. The molecule has 0 bridgehead atoms. The summed E-state index contributed by atoms with van der Waals surface area (Å²) < 4.78 is 0. The van der Waals surface area contributed by atoms with Gasteiger partial charge in [0.25, 0.3) is 0 Å². The summed E-state index contributed by atoms with van der Waals surface area (Å²) in [4.78, 5) is 7.16. The first kappa shape index (κ1) is 14.5. The van der Waals surface area contributed by atoms with Crippen molar-refractivity contribution in [2.24, 2.45) is 0 Å². The van der Waals surface area contributed by atoms with E-state index in [-0.39, 0.29) is 5.54 Å². The van der Waals surface area contributed by atoms with Gasteiger partial charge in [-0.25, -0.2) is 0 Å². The largest absolute Gasteiger partial charge is 0.309 e. The molecular weight excluding hydrogens is 234 g/mol.